The van der Waals surface area contributed by atoms with E-state index >= 15 is 0 Å². The Morgan fingerprint density at radius 1 is 1.58 bits per heavy atom. The summed E-state index contributed by atoms with van der Waals surface area (Å²) in [6.07, 6.45) is 4.49. The van der Waals surface area contributed by atoms with Crippen molar-refractivity contribution in [2.45, 2.75) is 50.2 Å². The SMILES string of the molecule is CCc1ncc(S(=O)(=O)NCC(C)N(C)C2CC2)[nH]1. The Labute approximate surface area is 114 Å². The first-order valence-electron chi connectivity index (χ1n) is 6.69. The summed E-state index contributed by atoms with van der Waals surface area (Å²) in [5.74, 6) is 0.684. The van der Waals surface area contributed by atoms with Crippen LogP contribution in [-0.4, -0.2) is 49.0 Å². The van der Waals surface area contributed by atoms with Crippen molar-refractivity contribution < 1.29 is 8.42 Å². The largest absolute Gasteiger partial charge is 0.332 e. The summed E-state index contributed by atoms with van der Waals surface area (Å²) in [4.78, 5) is 9.06. The topological polar surface area (TPSA) is 78.1 Å². The van der Waals surface area contributed by atoms with Crippen LogP contribution in [0.3, 0.4) is 0 Å². The maximum atomic E-state index is 12.1. The summed E-state index contributed by atoms with van der Waals surface area (Å²) in [7, 11) is -1.43. The number of aromatic amines is 1. The number of hydrogen-bond donors (Lipinski definition) is 2. The molecule has 1 unspecified atom stereocenters. The Bertz CT molecular complexity index is 522. The third kappa shape index (κ3) is 3.55. The first-order valence-corrected chi connectivity index (χ1v) is 8.18. The maximum absolute atomic E-state index is 12.1. The van der Waals surface area contributed by atoms with E-state index in [1.54, 1.807) is 0 Å². The molecule has 1 heterocycles. The van der Waals surface area contributed by atoms with Crippen molar-refractivity contribution in [1.82, 2.24) is 19.6 Å². The van der Waals surface area contributed by atoms with Gasteiger partial charge in [0.15, 0.2) is 5.03 Å². The molecule has 0 bridgehead atoms. The van der Waals surface area contributed by atoms with Gasteiger partial charge in [-0.1, -0.05) is 6.92 Å². The second-order valence-electron chi connectivity index (χ2n) is 5.15. The van der Waals surface area contributed by atoms with Gasteiger partial charge in [-0.15, -0.1) is 0 Å². The van der Waals surface area contributed by atoms with Crippen molar-refractivity contribution in [3.63, 3.8) is 0 Å². The minimum absolute atomic E-state index is 0.144. The van der Waals surface area contributed by atoms with Gasteiger partial charge in [0.2, 0.25) is 0 Å². The molecule has 0 saturated heterocycles. The van der Waals surface area contributed by atoms with Gasteiger partial charge in [0.1, 0.15) is 5.82 Å². The van der Waals surface area contributed by atoms with Crippen LogP contribution in [0, 0.1) is 0 Å². The highest BCUT2D eigenvalue weighted by Crippen LogP contribution is 2.26. The Hall–Kier alpha value is -0.920. The number of nitrogens with zero attached hydrogens (tertiary/aromatic N) is 2. The van der Waals surface area contributed by atoms with Crippen LogP contribution in [0.4, 0.5) is 0 Å². The molecule has 0 aliphatic heterocycles. The molecule has 1 aliphatic rings. The minimum Gasteiger partial charge on any atom is -0.332 e. The van der Waals surface area contributed by atoms with Gasteiger partial charge in [-0.25, -0.2) is 18.1 Å². The van der Waals surface area contributed by atoms with Crippen molar-refractivity contribution in [2.75, 3.05) is 13.6 Å². The predicted octanol–water partition coefficient (Wildman–Crippen LogP) is 0.733. The van der Waals surface area contributed by atoms with Crippen molar-refractivity contribution in [2.24, 2.45) is 0 Å². The summed E-state index contributed by atoms with van der Waals surface area (Å²) in [6.45, 7) is 4.37. The third-order valence-corrected chi connectivity index (χ3v) is 4.95. The summed E-state index contributed by atoms with van der Waals surface area (Å²) in [5, 5.41) is 0.144. The molecule has 7 heteroatoms. The molecular formula is C12H22N4O2S. The van der Waals surface area contributed by atoms with E-state index in [0.717, 1.165) is 0 Å². The number of H-pyrrole nitrogens is 1. The molecule has 2 N–H and O–H groups in total. The van der Waals surface area contributed by atoms with E-state index in [0.29, 0.717) is 24.8 Å². The number of nitrogens with one attached hydrogen (secondary N) is 2. The lowest BCUT2D eigenvalue weighted by Crippen LogP contribution is -2.41. The molecule has 1 fully saturated rings. The zero-order valence-electron chi connectivity index (χ0n) is 11.7. The lowest BCUT2D eigenvalue weighted by Gasteiger charge is -2.24. The van der Waals surface area contributed by atoms with Crippen LogP contribution in [0.5, 0.6) is 0 Å². The van der Waals surface area contributed by atoms with Crippen molar-refractivity contribution in [1.29, 1.82) is 0 Å². The van der Waals surface area contributed by atoms with Gasteiger partial charge in [-0.2, -0.15) is 0 Å². The van der Waals surface area contributed by atoms with Crippen molar-refractivity contribution >= 4 is 10.0 Å². The van der Waals surface area contributed by atoms with Gasteiger partial charge >= 0.3 is 0 Å². The van der Waals surface area contributed by atoms with E-state index in [9.17, 15) is 8.42 Å². The number of aryl methyl sites for hydroxylation is 1. The Kier molecular flexibility index (Phi) is 4.27. The highest BCUT2D eigenvalue weighted by molar-refractivity contribution is 7.89. The number of hydrogen-bond acceptors (Lipinski definition) is 4. The van der Waals surface area contributed by atoms with E-state index in [1.807, 2.05) is 20.9 Å². The van der Waals surface area contributed by atoms with Crippen LogP contribution in [0.2, 0.25) is 0 Å². The number of rotatable bonds is 7. The van der Waals surface area contributed by atoms with Gasteiger partial charge in [0.25, 0.3) is 10.0 Å². The molecule has 1 saturated carbocycles. The minimum atomic E-state index is -3.48. The van der Waals surface area contributed by atoms with Crippen molar-refractivity contribution in [3.8, 4) is 0 Å². The second-order valence-corrected chi connectivity index (χ2v) is 6.88. The fourth-order valence-electron chi connectivity index (χ4n) is 1.95. The van der Waals surface area contributed by atoms with Crippen molar-refractivity contribution in [3.05, 3.63) is 12.0 Å². The molecule has 0 radical (unpaired) electrons. The van der Waals surface area contributed by atoms with Crippen LogP contribution >= 0.6 is 0 Å². The van der Waals surface area contributed by atoms with Crippen LogP contribution in [0.15, 0.2) is 11.2 Å². The molecule has 1 aromatic heterocycles. The Balaban J connectivity index is 1.93. The number of aromatic nitrogens is 2. The first-order chi connectivity index (χ1) is 8.94. The van der Waals surface area contributed by atoms with Crippen LogP contribution in [0.25, 0.3) is 0 Å². The highest BCUT2D eigenvalue weighted by atomic mass is 32.2. The summed E-state index contributed by atoms with van der Waals surface area (Å²) < 4.78 is 26.8. The molecule has 108 valence electrons. The highest BCUT2D eigenvalue weighted by Gasteiger charge is 2.29. The maximum Gasteiger partial charge on any atom is 0.257 e. The zero-order chi connectivity index (χ0) is 14.0. The van der Waals surface area contributed by atoms with E-state index in [2.05, 4.69) is 19.6 Å². The Morgan fingerprint density at radius 2 is 2.26 bits per heavy atom. The molecule has 0 amide bonds. The Morgan fingerprint density at radius 3 is 2.79 bits per heavy atom. The summed E-state index contributed by atoms with van der Waals surface area (Å²) >= 11 is 0. The molecule has 1 atom stereocenters. The molecule has 6 nitrogen and oxygen atoms in total. The van der Waals surface area contributed by atoms with E-state index < -0.39 is 10.0 Å². The smallest absolute Gasteiger partial charge is 0.257 e. The van der Waals surface area contributed by atoms with Gasteiger partial charge in [-0.3, -0.25) is 4.90 Å². The average Bonchev–Trinajstić information content (AvgIpc) is 3.11. The molecular weight excluding hydrogens is 264 g/mol. The number of imidazole rings is 1. The van der Waals surface area contributed by atoms with Crippen LogP contribution < -0.4 is 4.72 Å². The molecule has 1 aliphatic carbocycles. The van der Waals surface area contributed by atoms with Gasteiger partial charge in [0.05, 0.1) is 6.20 Å². The normalized spacial score (nSPS) is 17.9. The predicted molar refractivity (Wildman–Crippen MR) is 73.4 cm³/mol. The van der Waals surface area contributed by atoms with Gasteiger partial charge in [-0.05, 0) is 26.8 Å². The molecule has 2 rings (SSSR count). The van der Waals surface area contributed by atoms with E-state index in [1.165, 1.54) is 19.0 Å². The van der Waals surface area contributed by atoms with Gasteiger partial charge < -0.3 is 4.98 Å². The molecule has 0 aromatic carbocycles. The number of sulfonamides is 1. The average molecular weight is 286 g/mol. The second kappa shape index (κ2) is 5.60. The fourth-order valence-corrected chi connectivity index (χ4v) is 3.01. The first kappa shape index (κ1) is 14.5. The van der Waals surface area contributed by atoms with Gasteiger partial charge in [0, 0.05) is 25.0 Å². The van der Waals surface area contributed by atoms with E-state index in [4.69, 9.17) is 0 Å². The number of likely N-dealkylation sites (N-methyl/N-ethyl adjacent to an activating group) is 1. The van der Waals surface area contributed by atoms with Crippen LogP contribution in [-0.2, 0) is 16.4 Å². The monoisotopic (exact) mass is 286 g/mol. The molecule has 19 heavy (non-hydrogen) atoms. The standard InChI is InChI=1S/C12H22N4O2S/c1-4-11-13-8-12(15-11)19(17,18)14-7-9(2)16(3)10-5-6-10/h8-10,14H,4-7H2,1-3H3,(H,13,15). The molecule has 0 spiro atoms. The lowest BCUT2D eigenvalue weighted by atomic mass is 10.3. The summed E-state index contributed by atoms with van der Waals surface area (Å²) in [5.41, 5.74) is 0. The fraction of sp³-hybridized carbons (Fsp3) is 0.750. The summed E-state index contributed by atoms with van der Waals surface area (Å²) in [6, 6.07) is 0.814. The molecule has 1 aromatic rings. The zero-order valence-corrected chi connectivity index (χ0v) is 12.5. The quantitative estimate of drug-likeness (QED) is 0.775. The van der Waals surface area contributed by atoms with Crippen LogP contribution in [0.1, 0.15) is 32.5 Å². The third-order valence-electron chi connectivity index (χ3n) is 3.62. The lowest BCUT2D eigenvalue weighted by molar-refractivity contribution is 0.248. The van der Waals surface area contributed by atoms with E-state index in [-0.39, 0.29) is 11.1 Å².